The second kappa shape index (κ2) is 7.14. The number of aromatic nitrogens is 1. The van der Waals surface area contributed by atoms with Crippen LogP contribution in [0, 0.1) is 5.82 Å². The quantitative estimate of drug-likeness (QED) is 0.910. The minimum atomic E-state index is -0.293. The van der Waals surface area contributed by atoms with E-state index in [9.17, 15) is 9.18 Å². The van der Waals surface area contributed by atoms with Crippen molar-refractivity contribution in [1.29, 1.82) is 0 Å². The van der Waals surface area contributed by atoms with Gasteiger partial charge in [-0.15, -0.1) is 0 Å². The van der Waals surface area contributed by atoms with Crippen LogP contribution in [0.1, 0.15) is 17.5 Å². The standard InChI is InChI=1S/C15H14BrFN2O/c16-14-5-4-13(17)8-12(14)3-6-15(20)19-10-11-2-1-7-18-9-11/h1-2,4-5,7-9H,3,6,10H2,(H,19,20). The molecular formula is C15H14BrFN2O. The molecule has 0 radical (unpaired) electrons. The van der Waals surface area contributed by atoms with Gasteiger partial charge < -0.3 is 5.32 Å². The average Bonchev–Trinajstić information content (AvgIpc) is 2.47. The largest absolute Gasteiger partial charge is 0.352 e. The summed E-state index contributed by atoms with van der Waals surface area (Å²) in [6.07, 6.45) is 4.22. The molecule has 0 saturated heterocycles. The van der Waals surface area contributed by atoms with Crippen LogP contribution in [0.2, 0.25) is 0 Å². The lowest BCUT2D eigenvalue weighted by atomic mass is 10.1. The smallest absolute Gasteiger partial charge is 0.220 e. The first-order valence-electron chi connectivity index (χ1n) is 6.24. The molecule has 3 nitrogen and oxygen atoms in total. The van der Waals surface area contributed by atoms with E-state index in [0.717, 1.165) is 15.6 Å². The molecular weight excluding hydrogens is 323 g/mol. The van der Waals surface area contributed by atoms with Crippen molar-refractivity contribution in [1.82, 2.24) is 10.3 Å². The van der Waals surface area contributed by atoms with E-state index < -0.39 is 0 Å². The molecule has 0 saturated carbocycles. The van der Waals surface area contributed by atoms with Gasteiger partial charge in [0.05, 0.1) is 0 Å². The average molecular weight is 337 g/mol. The van der Waals surface area contributed by atoms with E-state index in [0.29, 0.717) is 19.4 Å². The van der Waals surface area contributed by atoms with Crippen molar-refractivity contribution in [3.05, 3.63) is 64.1 Å². The maximum absolute atomic E-state index is 13.1. The summed E-state index contributed by atoms with van der Waals surface area (Å²) >= 11 is 3.35. The molecule has 0 spiro atoms. The number of hydrogen-bond donors (Lipinski definition) is 1. The number of carbonyl (C=O) groups is 1. The van der Waals surface area contributed by atoms with Crippen molar-refractivity contribution < 1.29 is 9.18 Å². The summed E-state index contributed by atoms with van der Waals surface area (Å²) in [6.45, 7) is 0.455. The van der Waals surface area contributed by atoms with Crippen LogP contribution in [-0.4, -0.2) is 10.9 Å². The van der Waals surface area contributed by atoms with Gasteiger partial charge in [0.25, 0.3) is 0 Å². The van der Waals surface area contributed by atoms with Crippen LogP contribution in [0.25, 0.3) is 0 Å². The molecule has 1 aromatic carbocycles. The van der Waals surface area contributed by atoms with Gasteiger partial charge in [-0.3, -0.25) is 9.78 Å². The lowest BCUT2D eigenvalue weighted by molar-refractivity contribution is -0.121. The molecule has 0 bridgehead atoms. The van der Waals surface area contributed by atoms with Gasteiger partial charge in [0.15, 0.2) is 0 Å². The first-order valence-corrected chi connectivity index (χ1v) is 7.04. The minimum absolute atomic E-state index is 0.0648. The van der Waals surface area contributed by atoms with Gasteiger partial charge in [0.1, 0.15) is 5.82 Å². The summed E-state index contributed by atoms with van der Waals surface area (Å²) in [7, 11) is 0. The topological polar surface area (TPSA) is 42.0 Å². The van der Waals surface area contributed by atoms with Crippen LogP contribution >= 0.6 is 15.9 Å². The van der Waals surface area contributed by atoms with Crippen LogP contribution in [-0.2, 0) is 17.8 Å². The Morgan fingerprint density at radius 1 is 1.35 bits per heavy atom. The Hall–Kier alpha value is -1.75. The van der Waals surface area contributed by atoms with Crippen LogP contribution in [0.15, 0.2) is 47.2 Å². The number of amides is 1. The molecule has 2 aromatic rings. The predicted octanol–water partition coefficient (Wildman–Crippen LogP) is 3.23. The fourth-order valence-corrected chi connectivity index (χ4v) is 2.22. The molecule has 0 aliphatic carbocycles. The van der Waals surface area contributed by atoms with Gasteiger partial charge in [-0.2, -0.15) is 0 Å². The van der Waals surface area contributed by atoms with Crippen molar-refractivity contribution in [2.45, 2.75) is 19.4 Å². The molecule has 0 unspecified atom stereocenters. The zero-order valence-electron chi connectivity index (χ0n) is 10.8. The summed E-state index contributed by atoms with van der Waals surface area (Å²) in [4.78, 5) is 15.7. The molecule has 104 valence electrons. The van der Waals surface area contributed by atoms with Crippen LogP contribution in [0.3, 0.4) is 0 Å². The highest BCUT2D eigenvalue weighted by atomic mass is 79.9. The van der Waals surface area contributed by atoms with Crippen molar-refractivity contribution in [2.24, 2.45) is 0 Å². The highest BCUT2D eigenvalue weighted by Crippen LogP contribution is 2.19. The summed E-state index contributed by atoms with van der Waals surface area (Å²) in [5, 5.41) is 2.82. The number of halogens is 2. The molecule has 1 heterocycles. The Kier molecular flexibility index (Phi) is 5.24. The lowest BCUT2D eigenvalue weighted by Gasteiger charge is -2.06. The number of rotatable bonds is 5. The number of benzene rings is 1. The number of pyridine rings is 1. The first-order chi connectivity index (χ1) is 9.65. The molecule has 2 rings (SSSR count). The van der Waals surface area contributed by atoms with E-state index >= 15 is 0 Å². The van der Waals surface area contributed by atoms with E-state index in [-0.39, 0.29) is 11.7 Å². The second-order valence-electron chi connectivity index (χ2n) is 4.37. The van der Waals surface area contributed by atoms with Crippen LogP contribution < -0.4 is 5.32 Å². The fourth-order valence-electron chi connectivity index (χ4n) is 1.77. The maximum Gasteiger partial charge on any atom is 0.220 e. The van der Waals surface area contributed by atoms with Gasteiger partial charge in [-0.1, -0.05) is 22.0 Å². The van der Waals surface area contributed by atoms with Gasteiger partial charge in [-0.25, -0.2) is 4.39 Å². The number of nitrogens with one attached hydrogen (secondary N) is 1. The Labute approximate surface area is 125 Å². The first kappa shape index (κ1) is 14.7. The lowest BCUT2D eigenvalue weighted by Crippen LogP contribution is -2.23. The van der Waals surface area contributed by atoms with Crippen molar-refractivity contribution >= 4 is 21.8 Å². The predicted molar refractivity (Wildman–Crippen MR) is 78.5 cm³/mol. The zero-order chi connectivity index (χ0) is 14.4. The number of nitrogens with zero attached hydrogens (tertiary/aromatic N) is 1. The third-order valence-corrected chi connectivity index (χ3v) is 3.62. The number of aryl methyl sites for hydroxylation is 1. The Morgan fingerprint density at radius 3 is 2.95 bits per heavy atom. The molecule has 0 aliphatic heterocycles. The Morgan fingerprint density at radius 2 is 2.20 bits per heavy atom. The van der Waals surface area contributed by atoms with E-state index in [4.69, 9.17) is 0 Å². The van der Waals surface area contributed by atoms with E-state index in [1.807, 2.05) is 12.1 Å². The molecule has 20 heavy (non-hydrogen) atoms. The molecule has 0 fully saturated rings. The summed E-state index contributed by atoms with van der Waals surface area (Å²) < 4.78 is 13.9. The molecule has 0 aliphatic rings. The van der Waals surface area contributed by atoms with E-state index in [2.05, 4.69) is 26.2 Å². The summed E-state index contributed by atoms with van der Waals surface area (Å²) in [5.74, 6) is -0.357. The van der Waals surface area contributed by atoms with Crippen LogP contribution in [0.4, 0.5) is 4.39 Å². The van der Waals surface area contributed by atoms with Crippen molar-refractivity contribution in [2.75, 3.05) is 0 Å². The van der Waals surface area contributed by atoms with Gasteiger partial charge >= 0.3 is 0 Å². The minimum Gasteiger partial charge on any atom is -0.352 e. The molecule has 1 N–H and O–H groups in total. The van der Waals surface area contributed by atoms with Crippen molar-refractivity contribution in [3.63, 3.8) is 0 Å². The molecule has 5 heteroatoms. The van der Waals surface area contributed by atoms with Crippen LogP contribution in [0.5, 0.6) is 0 Å². The maximum atomic E-state index is 13.1. The summed E-state index contributed by atoms with van der Waals surface area (Å²) in [6, 6.07) is 8.20. The molecule has 1 amide bonds. The number of hydrogen-bond acceptors (Lipinski definition) is 2. The monoisotopic (exact) mass is 336 g/mol. The summed E-state index contributed by atoms with van der Waals surface area (Å²) in [5.41, 5.74) is 1.74. The third kappa shape index (κ3) is 4.42. The second-order valence-corrected chi connectivity index (χ2v) is 5.23. The van der Waals surface area contributed by atoms with Gasteiger partial charge in [-0.05, 0) is 41.8 Å². The third-order valence-electron chi connectivity index (χ3n) is 2.84. The highest BCUT2D eigenvalue weighted by Gasteiger charge is 2.06. The van der Waals surface area contributed by atoms with Gasteiger partial charge in [0, 0.05) is 29.8 Å². The zero-order valence-corrected chi connectivity index (χ0v) is 12.4. The molecule has 1 aromatic heterocycles. The van der Waals surface area contributed by atoms with E-state index in [1.54, 1.807) is 18.5 Å². The fraction of sp³-hybridized carbons (Fsp3) is 0.200. The Bertz CT molecular complexity index is 590. The van der Waals surface area contributed by atoms with Crippen molar-refractivity contribution in [3.8, 4) is 0 Å². The highest BCUT2D eigenvalue weighted by molar-refractivity contribution is 9.10. The Balaban J connectivity index is 1.82. The van der Waals surface area contributed by atoms with E-state index in [1.165, 1.54) is 12.1 Å². The normalized spacial score (nSPS) is 10.3. The SMILES string of the molecule is O=C(CCc1cc(F)ccc1Br)NCc1cccnc1. The number of carbonyl (C=O) groups excluding carboxylic acids is 1. The van der Waals surface area contributed by atoms with Gasteiger partial charge in [0.2, 0.25) is 5.91 Å². The molecule has 0 atom stereocenters.